The lowest BCUT2D eigenvalue weighted by Gasteiger charge is -2.21. The molecule has 0 radical (unpaired) electrons. The van der Waals surface area contributed by atoms with Gasteiger partial charge in [0, 0.05) is 5.02 Å². The predicted octanol–water partition coefficient (Wildman–Crippen LogP) is 3.45. The molecule has 5 nitrogen and oxygen atoms in total. The van der Waals surface area contributed by atoms with Crippen molar-refractivity contribution in [3.05, 3.63) is 69.5 Å². The average molecular weight is 383 g/mol. The van der Waals surface area contributed by atoms with E-state index < -0.39 is 30.0 Å². The Morgan fingerprint density at radius 3 is 2.48 bits per heavy atom. The highest BCUT2D eigenvalue weighted by atomic mass is 35.5. The molecule has 1 aliphatic heterocycles. The first-order chi connectivity index (χ1) is 11.9. The number of carbonyl (C=O) groups excluding carboxylic acids is 2. The molecule has 130 valence electrons. The largest absolute Gasteiger partial charge is 0.434 e. The lowest BCUT2D eigenvalue weighted by molar-refractivity contribution is -0.128. The molecule has 2 aromatic carbocycles. The fourth-order valence-electron chi connectivity index (χ4n) is 2.48. The number of ether oxygens (including phenoxy) is 1. The van der Waals surface area contributed by atoms with E-state index >= 15 is 0 Å². The number of benzene rings is 2. The van der Waals surface area contributed by atoms with Crippen molar-refractivity contribution in [3.63, 3.8) is 0 Å². The lowest BCUT2D eigenvalue weighted by atomic mass is 9.98. The van der Waals surface area contributed by atoms with Gasteiger partial charge in [0.05, 0.1) is 17.6 Å². The van der Waals surface area contributed by atoms with Gasteiger partial charge < -0.3 is 15.4 Å². The maximum atomic E-state index is 13.5. The number of rotatable bonds is 4. The number of carbonyl (C=O) groups is 2. The summed E-state index contributed by atoms with van der Waals surface area (Å²) in [6, 6.07) is 10.4. The van der Waals surface area contributed by atoms with Gasteiger partial charge in [-0.15, -0.1) is 0 Å². The van der Waals surface area contributed by atoms with Crippen molar-refractivity contribution in [2.24, 2.45) is 0 Å². The molecule has 1 fully saturated rings. The van der Waals surface area contributed by atoms with Crippen LogP contribution in [0.25, 0.3) is 0 Å². The highest BCUT2D eigenvalue weighted by Crippen LogP contribution is 2.27. The van der Waals surface area contributed by atoms with Crippen molar-refractivity contribution < 1.29 is 18.7 Å². The maximum absolute atomic E-state index is 13.5. The smallest absolute Gasteiger partial charge is 0.408 e. The molecular formula is C17H13Cl2FN2O3. The monoisotopic (exact) mass is 382 g/mol. The van der Waals surface area contributed by atoms with Gasteiger partial charge in [0.1, 0.15) is 5.82 Å². The van der Waals surface area contributed by atoms with Crippen LogP contribution in [0, 0.1) is 5.82 Å². The number of alkyl carbamates (subject to hydrolysis) is 1. The summed E-state index contributed by atoms with van der Waals surface area (Å²) in [5.41, 5.74) is 1.30. The molecule has 0 spiro atoms. The molecule has 1 unspecified atom stereocenters. The van der Waals surface area contributed by atoms with Crippen LogP contribution >= 0.6 is 23.2 Å². The minimum Gasteiger partial charge on any atom is -0.434 e. The third kappa shape index (κ3) is 4.03. The number of amides is 2. The highest BCUT2D eigenvalue weighted by Gasteiger charge is 2.31. The Labute approximate surface area is 153 Å². The number of halogens is 3. The first-order valence-corrected chi connectivity index (χ1v) is 8.15. The van der Waals surface area contributed by atoms with Crippen molar-refractivity contribution >= 4 is 35.2 Å². The molecule has 0 aromatic heterocycles. The molecule has 2 atom stereocenters. The topological polar surface area (TPSA) is 67.4 Å². The number of cyclic esters (lactones) is 1. The molecule has 0 aliphatic carbocycles. The second-order valence-corrected chi connectivity index (χ2v) is 6.29. The van der Waals surface area contributed by atoms with Gasteiger partial charge >= 0.3 is 6.09 Å². The lowest BCUT2D eigenvalue weighted by Crippen LogP contribution is -2.39. The second kappa shape index (κ2) is 7.29. The average Bonchev–Trinajstić information content (AvgIpc) is 3.03. The zero-order chi connectivity index (χ0) is 18.0. The molecule has 3 rings (SSSR count). The first-order valence-electron chi connectivity index (χ1n) is 7.39. The molecule has 25 heavy (non-hydrogen) atoms. The van der Waals surface area contributed by atoms with E-state index in [9.17, 15) is 14.0 Å². The van der Waals surface area contributed by atoms with Crippen molar-refractivity contribution in [1.29, 1.82) is 0 Å². The molecule has 8 heteroatoms. The predicted molar refractivity (Wildman–Crippen MR) is 91.1 cm³/mol. The van der Waals surface area contributed by atoms with Gasteiger partial charge in [-0.1, -0.05) is 41.4 Å². The van der Waals surface area contributed by atoms with E-state index in [1.807, 2.05) is 0 Å². The Morgan fingerprint density at radius 2 is 1.88 bits per heavy atom. The van der Waals surface area contributed by atoms with Gasteiger partial charge in [-0.25, -0.2) is 9.18 Å². The van der Waals surface area contributed by atoms with Crippen LogP contribution in [0.15, 0.2) is 42.5 Å². The molecule has 2 N–H and O–H groups in total. The van der Waals surface area contributed by atoms with Crippen LogP contribution in [0.3, 0.4) is 0 Å². The fourth-order valence-corrected chi connectivity index (χ4v) is 2.79. The van der Waals surface area contributed by atoms with Crippen LogP contribution in [0.5, 0.6) is 0 Å². The van der Waals surface area contributed by atoms with Crippen LogP contribution in [0.4, 0.5) is 9.18 Å². The van der Waals surface area contributed by atoms with Gasteiger partial charge in [0.2, 0.25) is 0 Å². The van der Waals surface area contributed by atoms with Gasteiger partial charge in [0.25, 0.3) is 5.91 Å². The summed E-state index contributed by atoms with van der Waals surface area (Å²) in [6.45, 7) is 0.0855. The summed E-state index contributed by atoms with van der Waals surface area (Å²) in [5.74, 6) is -1.03. The summed E-state index contributed by atoms with van der Waals surface area (Å²) in [6.07, 6.45) is -1.58. The van der Waals surface area contributed by atoms with E-state index in [-0.39, 0.29) is 11.6 Å². The molecule has 0 saturated carbocycles. The van der Waals surface area contributed by atoms with Crippen LogP contribution < -0.4 is 10.6 Å². The third-order valence-electron chi connectivity index (χ3n) is 3.74. The van der Waals surface area contributed by atoms with Crippen LogP contribution in [0.1, 0.15) is 17.2 Å². The van der Waals surface area contributed by atoms with E-state index in [2.05, 4.69) is 10.6 Å². The quantitative estimate of drug-likeness (QED) is 0.850. The minimum absolute atomic E-state index is 0.0559. The summed E-state index contributed by atoms with van der Waals surface area (Å²) < 4.78 is 18.4. The van der Waals surface area contributed by atoms with E-state index in [1.165, 1.54) is 18.2 Å². The summed E-state index contributed by atoms with van der Waals surface area (Å²) in [4.78, 5) is 23.5. The van der Waals surface area contributed by atoms with Gasteiger partial charge in [-0.3, -0.25) is 4.79 Å². The van der Waals surface area contributed by atoms with Crippen molar-refractivity contribution in [2.75, 3.05) is 6.54 Å². The number of nitrogens with one attached hydrogen (secondary N) is 2. The van der Waals surface area contributed by atoms with Gasteiger partial charge in [-0.05, 0) is 35.4 Å². The molecule has 2 aromatic rings. The minimum atomic E-state index is -0.932. The molecule has 0 bridgehead atoms. The normalized spacial score (nSPS) is 17.6. The Hall–Kier alpha value is -2.31. The SMILES string of the molecule is O=C1NCC(C(=O)N[C@@H](c2ccc(Cl)cc2)c2ccc(F)c(Cl)c2)O1. The molecule has 2 amide bonds. The van der Waals surface area contributed by atoms with E-state index in [4.69, 9.17) is 27.9 Å². The zero-order valence-corrected chi connectivity index (χ0v) is 14.3. The summed E-state index contributed by atoms with van der Waals surface area (Å²) >= 11 is 11.8. The van der Waals surface area contributed by atoms with E-state index in [1.54, 1.807) is 24.3 Å². The zero-order valence-electron chi connectivity index (χ0n) is 12.8. The maximum Gasteiger partial charge on any atom is 0.408 e. The third-order valence-corrected chi connectivity index (χ3v) is 4.28. The van der Waals surface area contributed by atoms with Crippen molar-refractivity contribution in [1.82, 2.24) is 10.6 Å². The molecule has 1 heterocycles. The molecule has 1 aliphatic rings. The first kappa shape index (κ1) is 17.5. The Balaban J connectivity index is 1.91. The molecule has 1 saturated heterocycles. The van der Waals surface area contributed by atoms with Crippen molar-refractivity contribution in [2.45, 2.75) is 12.1 Å². The standard InChI is InChI=1S/C17H13Cl2FN2O3/c18-11-4-1-9(2-5-11)15(10-3-6-13(20)12(19)7-10)22-16(23)14-8-21-17(24)25-14/h1-7,14-15H,8H2,(H,21,24)(H,22,23)/t14?,15-/m0/s1. The summed E-state index contributed by atoms with van der Waals surface area (Å²) in [5, 5.41) is 5.70. The fraction of sp³-hybridized carbons (Fsp3) is 0.176. The van der Waals surface area contributed by atoms with E-state index in [0.29, 0.717) is 10.6 Å². The highest BCUT2D eigenvalue weighted by molar-refractivity contribution is 6.31. The summed E-state index contributed by atoms with van der Waals surface area (Å²) in [7, 11) is 0. The van der Waals surface area contributed by atoms with Gasteiger partial charge in [-0.2, -0.15) is 0 Å². The Bertz CT molecular complexity index is 814. The van der Waals surface area contributed by atoms with E-state index in [0.717, 1.165) is 5.56 Å². The van der Waals surface area contributed by atoms with Gasteiger partial charge in [0.15, 0.2) is 6.10 Å². The second-order valence-electron chi connectivity index (χ2n) is 5.44. The van der Waals surface area contributed by atoms with Crippen molar-refractivity contribution in [3.8, 4) is 0 Å². The number of hydrogen-bond acceptors (Lipinski definition) is 3. The number of hydrogen-bond donors (Lipinski definition) is 2. The Kier molecular flexibility index (Phi) is 5.11. The van der Waals surface area contributed by atoms with Crippen LogP contribution in [-0.4, -0.2) is 24.6 Å². The van der Waals surface area contributed by atoms with Crippen LogP contribution in [-0.2, 0) is 9.53 Å². The molecular weight excluding hydrogens is 370 g/mol. The Morgan fingerprint density at radius 1 is 1.20 bits per heavy atom. The van der Waals surface area contributed by atoms with Crippen LogP contribution in [0.2, 0.25) is 10.0 Å².